The molecule has 1 aromatic carbocycles. The van der Waals surface area contributed by atoms with E-state index in [2.05, 4.69) is 4.72 Å². The molecule has 0 fully saturated rings. The molecule has 0 aromatic heterocycles. The maximum absolute atomic E-state index is 12.4. The number of benzene rings is 1. The zero-order valence-electron chi connectivity index (χ0n) is 11.2. The van der Waals surface area contributed by atoms with Gasteiger partial charge in [-0.05, 0) is 24.5 Å². The Labute approximate surface area is 134 Å². The third-order valence-electron chi connectivity index (χ3n) is 2.59. The summed E-state index contributed by atoms with van der Waals surface area (Å²) < 4.78 is 27.2. The van der Waals surface area contributed by atoms with E-state index < -0.39 is 10.0 Å². The first-order valence-corrected chi connectivity index (χ1v) is 8.66. The predicted octanol–water partition coefficient (Wildman–Crippen LogP) is 3.30. The molecule has 3 N–H and O–H groups in total. The van der Waals surface area contributed by atoms with Gasteiger partial charge in [-0.25, -0.2) is 13.1 Å². The van der Waals surface area contributed by atoms with Crippen LogP contribution >= 0.6 is 34.8 Å². The van der Waals surface area contributed by atoms with Gasteiger partial charge in [0.25, 0.3) is 0 Å². The summed E-state index contributed by atoms with van der Waals surface area (Å²) in [6.07, 6.45) is 0.624. The van der Waals surface area contributed by atoms with Gasteiger partial charge in [-0.15, -0.1) is 0 Å². The summed E-state index contributed by atoms with van der Waals surface area (Å²) in [5.41, 5.74) is 5.59. The Morgan fingerprint density at radius 2 is 1.70 bits per heavy atom. The smallest absolute Gasteiger partial charge is 0.243 e. The topological polar surface area (TPSA) is 72.2 Å². The highest BCUT2D eigenvalue weighted by Gasteiger charge is 2.25. The Hall–Kier alpha value is -0.0400. The van der Waals surface area contributed by atoms with E-state index in [1.807, 2.05) is 13.8 Å². The molecule has 0 aliphatic rings. The van der Waals surface area contributed by atoms with Crippen molar-refractivity contribution in [3.63, 3.8) is 0 Å². The van der Waals surface area contributed by atoms with Crippen molar-refractivity contribution >= 4 is 44.8 Å². The summed E-state index contributed by atoms with van der Waals surface area (Å²) in [5.74, 6) is 0.308. The molecule has 0 aliphatic carbocycles. The van der Waals surface area contributed by atoms with Crippen LogP contribution in [0.2, 0.25) is 15.1 Å². The number of halogens is 3. The minimum atomic E-state index is -3.85. The lowest BCUT2D eigenvalue weighted by atomic mass is 10.1. The zero-order valence-corrected chi connectivity index (χ0v) is 14.2. The van der Waals surface area contributed by atoms with Crippen LogP contribution in [-0.2, 0) is 10.0 Å². The third kappa shape index (κ3) is 4.76. The van der Waals surface area contributed by atoms with Gasteiger partial charge in [0.15, 0.2) is 0 Å². The maximum atomic E-state index is 12.4. The summed E-state index contributed by atoms with van der Waals surface area (Å²) in [6, 6.07) is 2.30. The number of sulfonamides is 1. The molecular formula is C12H17Cl3N2O2S. The molecule has 0 heterocycles. The lowest BCUT2D eigenvalue weighted by Crippen LogP contribution is -2.41. The average Bonchev–Trinajstić information content (AvgIpc) is 2.24. The van der Waals surface area contributed by atoms with Gasteiger partial charge in [0, 0.05) is 17.6 Å². The van der Waals surface area contributed by atoms with Crippen LogP contribution in [0, 0.1) is 5.92 Å². The summed E-state index contributed by atoms with van der Waals surface area (Å²) in [4.78, 5) is -0.174. The molecule has 114 valence electrons. The minimum Gasteiger partial charge on any atom is -0.329 e. The highest BCUT2D eigenvalue weighted by Crippen LogP contribution is 2.32. The van der Waals surface area contributed by atoms with E-state index in [9.17, 15) is 8.42 Å². The highest BCUT2D eigenvalue weighted by molar-refractivity contribution is 7.89. The Morgan fingerprint density at radius 3 is 2.10 bits per heavy atom. The standard InChI is InChI=1S/C12H17Cl3N2O2S/c1-7(2)3-9(6-16)17-20(18,19)12-10(14)4-8(13)5-11(12)15/h4-5,7,9,17H,3,6,16H2,1-2H3. The molecule has 1 rings (SSSR count). The molecule has 8 heteroatoms. The van der Waals surface area contributed by atoms with Gasteiger partial charge >= 0.3 is 0 Å². The number of nitrogens with one attached hydrogen (secondary N) is 1. The van der Waals surface area contributed by atoms with Gasteiger partial charge in [-0.3, -0.25) is 0 Å². The Morgan fingerprint density at radius 1 is 1.20 bits per heavy atom. The molecule has 0 radical (unpaired) electrons. The van der Waals surface area contributed by atoms with Gasteiger partial charge < -0.3 is 5.73 Å². The number of rotatable bonds is 6. The first-order chi connectivity index (χ1) is 9.17. The molecule has 1 aromatic rings. The molecule has 0 amide bonds. The van der Waals surface area contributed by atoms with Gasteiger partial charge in [0.2, 0.25) is 10.0 Å². The van der Waals surface area contributed by atoms with E-state index >= 15 is 0 Å². The van der Waals surface area contributed by atoms with Crippen LogP contribution in [-0.4, -0.2) is 21.0 Å². The highest BCUT2D eigenvalue weighted by atomic mass is 35.5. The van der Waals surface area contributed by atoms with Gasteiger partial charge in [-0.1, -0.05) is 48.7 Å². The lowest BCUT2D eigenvalue weighted by Gasteiger charge is -2.19. The van der Waals surface area contributed by atoms with E-state index in [4.69, 9.17) is 40.5 Å². The largest absolute Gasteiger partial charge is 0.329 e. The second kappa shape index (κ2) is 7.29. The van der Waals surface area contributed by atoms with Crippen LogP contribution < -0.4 is 10.5 Å². The average molecular weight is 360 g/mol. The first-order valence-electron chi connectivity index (χ1n) is 6.04. The normalized spacial score (nSPS) is 13.8. The third-order valence-corrected chi connectivity index (χ3v) is 5.25. The molecule has 0 saturated heterocycles. The maximum Gasteiger partial charge on any atom is 0.243 e. The molecule has 1 unspecified atom stereocenters. The summed E-state index contributed by atoms with van der Waals surface area (Å²) in [5, 5.41) is 0.238. The molecular weight excluding hydrogens is 343 g/mol. The molecule has 0 aliphatic heterocycles. The first kappa shape index (κ1) is 18.0. The van der Waals surface area contributed by atoms with Crippen molar-refractivity contribution in [1.29, 1.82) is 0 Å². The van der Waals surface area contributed by atoms with Crippen LogP contribution in [0.5, 0.6) is 0 Å². The fraction of sp³-hybridized carbons (Fsp3) is 0.500. The molecule has 0 bridgehead atoms. The quantitative estimate of drug-likeness (QED) is 0.818. The van der Waals surface area contributed by atoms with E-state index in [0.29, 0.717) is 12.3 Å². The second-order valence-corrected chi connectivity index (χ2v) is 7.78. The van der Waals surface area contributed by atoms with Crippen molar-refractivity contribution < 1.29 is 8.42 Å². The van der Waals surface area contributed by atoms with Crippen molar-refractivity contribution in [3.8, 4) is 0 Å². The Bertz CT molecular complexity index is 553. The van der Waals surface area contributed by atoms with E-state index in [1.165, 1.54) is 12.1 Å². The van der Waals surface area contributed by atoms with Crippen molar-refractivity contribution in [2.24, 2.45) is 11.7 Å². The number of hydrogen-bond donors (Lipinski definition) is 2. The number of nitrogens with two attached hydrogens (primary N) is 1. The van der Waals surface area contributed by atoms with Crippen LogP contribution in [0.1, 0.15) is 20.3 Å². The van der Waals surface area contributed by atoms with Gasteiger partial charge in [0.05, 0.1) is 10.0 Å². The fourth-order valence-electron chi connectivity index (χ4n) is 1.83. The Kier molecular flexibility index (Phi) is 6.57. The van der Waals surface area contributed by atoms with Crippen molar-refractivity contribution in [1.82, 2.24) is 4.72 Å². The number of hydrogen-bond acceptors (Lipinski definition) is 3. The summed E-state index contributed by atoms with van der Waals surface area (Å²) in [7, 11) is -3.85. The summed E-state index contributed by atoms with van der Waals surface area (Å²) in [6.45, 7) is 4.17. The zero-order chi connectivity index (χ0) is 15.5. The summed E-state index contributed by atoms with van der Waals surface area (Å²) >= 11 is 17.6. The fourth-order valence-corrected chi connectivity index (χ4v) is 4.63. The van der Waals surface area contributed by atoms with Crippen LogP contribution in [0.25, 0.3) is 0 Å². The molecule has 0 spiro atoms. The van der Waals surface area contributed by atoms with Crippen molar-refractivity contribution in [2.45, 2.75) is 31.2 Å². The lowest BCUT2D eigenvalue weighted by molar-refractivity contribution is 0.465. The van der Waals surface area contributed by atoms with E-state index in [-0.39, 0.29) is 32.5 Å². The van der Waals surface area contributed by atoms with Gasteiger partial charge in [0.1, 0.15) is 4.90 Å². The molecule has 0 saturated carbocycles. The Balaban J connectivity index is 3.11. The SMILES string of the molecule is CC(C)CC(CN)NS(=O)(=O)c1c(Cl)cc(Cl)cc1Cl. The van der Waals surface area contributed by atoms with E-state index in [1.54, 1.807) is 0 Å². The predicted molar refractivity (Wildman–Crippen MR) is 84.1 cm³/mol. The monoisotopic (exact) mass is 358 g/mol. The second-order valence-electron chi connectivity index (χ2n) is 4.88. The van der Waals surface area contributed by atoms with Crippen LogP contribution in [0.4, 0.5) is 0 Å². The van der Waals surface area contributed by atoms with Crippen molar-refractivity contribution in [2.75, 3.05) is 6.54 Å². The van der Waals surface area contributed by atoms with Crippen molar-refractivity contribution in [3.05, 3.63) is 27.2 Å². The van der Waals surface area contributed by atoms with E-state index in [0.717, 1.165) is 0 Å². The molecule has 1 atom stereocenters. The molecule has 20 heavy (non-hydrogen) atoms. The van der Waals surface area contributed by atoms with Gasteiger partial charge in [-0.2, -0.15) is 0 Å². The van der Waals surface area contributed by atoms with Crippen LogP contribution in [0.3, 0.4) is 0 Å². The van der Waals surface area contributed by atoms with Crippen LogP contribution in [0.15, 0.2) is 17.0 Å². The molecule has 4 nitrogen and oxygen atoms in total. The minimum absolute atomic E-state index is 0.0182.